The summed E-state index contributed by atoms with van der Waals surface area (Å²) in [6.45, 7) is 7.94. The largest absolute Gasteiger partial charge is 0.379 e. The highest BCUT2D eigenvalue weighted by atomic mass is 35.5. The minimum Gasteiger partial charge on any atom is -0.379 e. The van der Waals surface area contributed by atoms with Gasteiger partial charge in [-0.1, -0.05) is 97.1 Å². The van der Waals surface area contributed by atoms with E-state index in [1.54, 1.807) is 0 Å². The van der Waals surface area contributed by atoms with Crippen LogP contribution in [0, 0.1) is 0 Å². The van der Waals surface area contributed by atoms with Crippen LogP contribution in [0.4, 0.5) is 4.79 Å². The summed E-state index contributed by atoms with van der Waals surface area (Å²) in [5, 5.41) is 9.08. The fourth-order valence-corrected chi connectivity index (χ4v) is 5.22. The van der Waals surface area contributed by atoms with E-state index in [1.807, 2.05) is 23.1 Å². The van der Waals surface area contributed by atoms with E-state index in [4.69, 9.17) is 4.74 Å². The maximum atomic E-state index is 13.5. The van der Waals surface area contributed by atoms with Crippen LogP contribution < -0.4 is 10.6 Å². The lowest BCUT2D eigenvalue weighted by Crippen LogP contribution is -2.42. The van der Waals surface area contributed by atoms with Crippen molar-refractivity contribution in [3.05, 3.63) is 119 Å². The van der Waals surface area contributed by atoms with Crippen LogP contribution in [0.1, 0.15) is 28.7 Å². The molecule has 0 unspecified atom stereocenters. The molecule has 0 spiro atoms. The van der Waals surface area contributed by atoms with Crippen molar-refractivity contribution in [1.82, 2.24) is 20.4 Å². The molecular weight excluding hydrogens is 567 g/mol. The van der Waals surface area contributed by atoms with Crippen LogP contribution in [0.5, 0.6) is 0 Å². The zero-order valence-corrected chi connectivity index (χ0v) is 25.7. The van der Waals surface area contributed by atoms with Crippen molar-refractivity contribution in [3.63, 3.8) is 0 Å². The summed E-state index contributed by atoms with van der Waals surface area (Å²) in [7, 11) is 0. The monoisotopic (exact) mass is 608 g/mol. The Kier molecular flexibility index (Phi) is 14.1. The molecule has 1 aliphatic rings. The van der Waals surface area contributed by atoms with Gasteiger partial charge in [-0.25, -0.2) is 4.79 Å². The first kappa shape index (κ1) is 33.4. The topological polar surface area (TPSA) is 56.8 Å². The quantitative estimate of drug-likeness (QED) is 0.195. The standard InChI is InChI=1S/C34H40N4O2.2ClH/c39-34(36-26-32-12-6-11-31-10-4-5-13-33(31)32)38(19-7-18-37-20-22-40-23-21-37)27-30-16-14-29(15-17-30)25-35-24-28-8-2-1-3-9-28;;/h1-6,8-17,35H,7,18-27H2,(H,36,39);2*1H. The van der Waals surface area contributed by atoms with Crippen molar-refractivity contribution in [2.45, 2.75) is 32.6 Å². The number of carbonyl (C=O) groups is 1. The van der Waals surface area contributed by atoms with E-state index < -0.39 is 0 Å². The van der Waals surface area contributed by atoms with Crippen LogP contribution in [-0.2, 0) is 30.9 Å². The number of halogens is 2. The molecule has 4 aromatic carbocycles. The number of carbonyl (C=O) groups excluding carboxylic acids is 1. The smallest absolute Gasteiger partial charge is 0.317 e. The molecule has 0 aliphatic carbocycles. The second-order valence-electron chi connectivity index (χ2n) is 10.4. The molecule has 0 atom stereocenters. The number of amides is 2. The molecule has 2 amide bonds. The molecule has 42 heavy (non-hydrogen) atoms. The number of rotatable bonds is 12. The molecule has 0 aromatic heterocycles. The number of nitrogens with one attached hydrogen (secondary N) is 2. The van der Waals surface area contributed by atoms with Gasteiger partial charge in [0.05, 0.1) is 13.2 Å². The van der Waals surface area contributed by atoms with Crippen molar-refractivity contribution < 1.29 is 9.53 Å². The summed E-state index contributed by atoms with van der Waals surface area (Å²) < 4.78 is 5.48. The lowest BCUT2D eigenvalue weighted by Gasteiger charge is -2.28. The first-order chi connectivity index (χ1) is 19.7. The predicted molar refractivity (Wildman–Crippen MR) is 176 cm³/mol. The fourth-order valence-electron chi connectivity index (χ4n) is 5.22. The van der Waals surface area contributed by atoms with E-state index in [0.717, 1.165) is 63.5 Å². The van der Waals surface area contributed by atoms with E-state index in [2.05, 4.69) is 94.4 Å². The Morgan fingerprint density at radius 3 is 2.14 bits per heavy atom. The second-order valence-corrected chi connectivity index (χ2v) is 10.4. The van der Waals surface area contributed by atoms with E-state index in [9.17, 15) is 4.79 Å². The molecule has 0 radical (unpaired) electrons. The van der Waals surface area contributed by atoms with Gasteiger partial charge in [0.15, 0.2) is 0 Å². The average molecular weight is 610 g/mol. The molecule has 2 N–H and O–H groups in total. The minimum absolute atomic E-state index is 0. The lowest BCUT2D eigenvalue weighted by molar-refractivity contribution is 0.0364. The molecule has 1 saturated heterocycles. The third-order valence-corrected chi connectivity index (χ3v) is 7.50. The molecular formula is C34H42Cl2N4O2. The Hall–Kier alpha value is -3.13. The number of hydrogen-bond donors (Lipinski definition) is 2. The van der Waals surface area contributed by atoms with E-state index in [0.29, 0.717) is 19.6 Å². The van der Waals surface area contributed by atoms with Crippen LogP contribution in [0.25, 0.3) is 10.8 Å². The molecule has 0 saturated carbocycles. The number of benzene rings is 4. The predicted octanol–water partition coefficient (Wildman–Crippen LogP) is 6.41. The van der Waals surface area contributed by atoms with Crippen LogP contribution in [0.3, 0.4) is 0 Å². The van der Waals surface area contributed by atoms with Crippen molar-refractivity contribution in [3.8, 4) is 0 Å². The molecule has 224 valence electrons. The van der Waals surface area contributed by atoms with Gasteiger partial charge in [0, 0.05) is 52.4 Å². The van der Waals surface area contributed by atoms with Crippen LogP contribution in [-0.4, -0.2) is 55.2 Å². The Labute approximate surface area is 262 Å². The van der Waals surface area contributed by atoms with Gasteiger partial charge in [-0.15, -0.1) is 24.8 Å². The molecule has 1 aliphatic heterocycles. The summed E-state index contributed by atoms with van der Waals surface area (Å²) in [5.74, 6) is 0. The number of fused-ring (bicyclic) bond motifs is 1. The summed E-state index contributed by atoms with van der Waals surface area (Å²) >= 11 is 0. The third-order valence-electron chi connectivity index (χ3n) is 7.50. The maximum absolute atomic E-state index is 13.5. The highest BCUT2D eigenvalue weighted by Gasteiger charge is 2.16. The van der Waals surface area contributed by atoms with Crippen LogP contribution >= 0.6 is 24.8 Å². The Balaban J connectivity index is 0.00000242. The zero-order valence-electron chi connectivity index (χ0n) is 24.0. The number of urea groups is 1. The molecule has 6 nitrogen and oxygen atoms in total. The number of hydrogen-bond acceptors (Lipinski definition) is 4. The maximum Gasteiger partial charge on any atom is 0.317 e. The lowest BCUT2D eigenvalue weighted by atomic mass is 10.0. The summed E-state index contributed by atoms with van der Waals surface area (Å²) in [6.07, 6.45) is 0.934. The summed E-state index contributed by atoms with van der Waals surface area (Å²) in [6, 6.07) is 33.6. The third kappa shape index (κ3) is 10.0. The molecule has 1 heterocycles. The Morgan fingerprint density at radius 2 is 1.38 bits per heavy atom. The summed E-state index contributed by atoms with van der Waals surface area (Å²) in [5.41, 5.74) is 4.78. The molecule has 8 heteroatoms. The van der Waals surface area contributed by atoms with Crippen molar-refractivity contribution in [1.29, 1.82) is 0 Å². The summed E-state index contributed by atoms with van der Waals surface area (Å²) in [4.78, 5) is 17.8. The highest BCUT2D eigenvalue weighted by molar-refractivity contribution is 5.86. The number of nitrogens with zero attached hydrogens (tertiary/aromatic N) is 2. The average Bonchev–Trinajstić information content (AvgIpc) is 3.01. The zero-order chi connectivity index (χ0) is 27.4. The van der Waals surface area contributed by atoms with Crippen molar-refractivity contribution in [2.24, 2.45) is 0 Å². The highest BCUT2D eigenvalue weighted by Crippen LogP contribution is 2.18. The van der Waals surface area contributed by atoms with Gasteiger partial charge in [-0.2, -0.15) is 0 Å². The van der Waals surface area contributed by atoms with Crippen LogP contribution in [0.15, 0.2) is 97.1 Å². The fraction of sp³-hybridized carbons (Fsp3) is 0.324. The number of ether oxygens (including phenoxy) is 1. The van der Waals surface area contributed by atoms with Crippen molar-refractivity contribution in [2.75, 3.05) is 39.4 Å². The van der Waals surface area contributed by atoms with Gasteiger partial charge in [-0.3, -0.25) is 4.90 Å². The Morgan fingerprint density at radius 1 is 0.738 bits per heavy atom. The second kappa shape index (κ2) is 17.7. The van der Waals surface area contributed by atoms with Gasteiger partial charge >= 0.3 is 6.03 Å². The van der Waals surface area contributed by atoms with Gasteiger partial charge in [-0.05, 0) is 39.4 Å². The van der Waals surface area contributed by atoms with Gasteiger partial charge in [0.1, 0.15) is 0 Å². The van der Waals surface area contributed by atoms with Gasteiger partial charge in [0.25, 0.3) is 0 Å². The van der Waals surface area contributed by atoms with E-state index in [-0.39, 0.29) is 30.8 Å². The van der Waals surface area contributed by atoms with Crippen LogP contribution in [0.2, 0.25) is 0 Å². The van der Waals surface area contributed by atoms with Gasteiger partial charge in [0.2, 0.25) is 0 Å². The molecule has 0 bridgehead atoms. The first-order valence-electron chi connectivity index (χ1n) is 14.4. The Bertz CT molecular complexity index is 1340. The molecule has 5 rings (SSSR count). The van der Waals surface area contributed by atoms with Crippen molar-refractivity contribution >= 4 is 41.6 Å². The SMILES string of the molecule is Cl.Cl.O=C(NCc1cccc2ccccc12)N(CCCN1CCOCC1)Cc1ccc(CNCc2ccccc2)cc1. The minimum atomic E-state index is -0.0245. The van der Waals surface area contributed by atoms with Gasteiger partial charge < -0.3 is 20.3 Å². The normalized spacial score (nSPS) is 13.1. The number of morpholine rings is 1. The molecule has 1 fully saturated rings. The molecule has 4 aromatic rings. The van der Waals surface area contributed by atoms with E-state index >= 15 is 0 Å². The van der Waals surface area contributed by atoms with E-state index in [1.165, 1.54) is 21.9 Å². The first-order valence-corrected chi connectivity index (χ1v) is 14.4.